The molecule has 2 heterocycles. The smallest absolute Gasteiger partial charge is 0.244 e. The van der Waals surface area contributed by atoms with Crippen LogP contribution in [0.4, 0.5) is 0 Å². The highest BCUT2D eigenvalue weighted by molar-refractivity contribution is 5.45. The monoisotopic (exact) mass is 235 g/mol. The Morgan fingerprint density at radius 2 is 2.35 bits per heavy atom. The normalized spacial score (nSPS) is 12.6. The summed E-state index contributed by atoms with van der Waals surface area (Å²) in [4.78, 5) is 12.2. The first-order chi connectivity index (χ1) is 8.31. The van der Waals surface area contributed by atoms with Gasteiger partial charge in [0, 0.05) is 26.1 Å². The molecule has 7 nitrogen and oxygen atoms in total. The summed E-state index contributed by atoms with van der Waals surface area (Å²) in [5.74, 6) is 0.767. The second-order valence-electron chi connectivity index (χ2n) is 3.43. The molecule has 2 N–H and O–H groups in total. The highest BCUT2D eigenvalue weighted by atomic mass is 16.5. The van der Waals surface area contributed by atoms with Crippen molar-refractivity contribution in [2.24, 2.45) is 5.73 Å². The van der Waals surface area contributed by atoms with Crippen LogP contribution in [0.5, 0.6) is 0 Å². The standard InChI is InChI=1S/C10H13N5O2/c1-16-5-2-7(11)10-14-9(15-17-10)8-6-12-3-4-13-8/h3-4,6-7H,2,5,11H2,1H3. The van der Waals surface area contributed by atoms with Gasteiger partial charge in [0.2, 0.25) is 11.7 Å². The van der Waals surface area contributed by atoms with Crippen molar-refractivity contribution in [3.05, 3.63) is 24.5 Å². The van der Waals surface area contributed by atoms with Gasteiger partial charge in [0.25, 0.3) is 0 Å². The molecule has 2 aromatic rings. The van der Waals surface area contributed by atoms with E-state index in [-0.39, 0.29) is 6.04 Å². The Balaban J connectivity index is 2.11. The predicted octanol–water partition coefficient (Wildman–Crippen LogP) is 0.563. The maximum atomic E-state index is 5.86. The predicted molar refractivity (Wildman–Crippen MR) is 58.7 cm³/mol. The second-order valence-corrected chi connectivity index (χ2v) is 3.43. The lowest BCUT2D eigenvalue weighted by molar-refractivity contribution is 0.182. The molecule has 0 radical (unpaired) electrons. The summed E-state index contributed by atoms with van der Waals surface area (Å²) in [6.07, 6.45) is 5.33. The lowest BCUT2D eigenvalue weighted by Crippen LogP contribution is -2.13. The first-order valence-corrected chi connectivity index (χ1v) is 5.15. The molecule has 0 spiro atoms. The number of aromatic nitrogens is 4. The van der Waals surface area contributed by atoms with Crippen molar-refractivity contribution in [2.75, 3.05) is 13.7 Å². The van der Waals surface area contributed by atoms with E-state index in [1.165, 1.54) is 0 Å². The molecule has 0 aliphatic rings. The largest absolute Gasteiger partial charge is 0.385 e. The van der Waals surface area contributed by atoms with Gasteiger partial charge in [0.05, 0.1) is 12.2 Å². The molecule has 0 saturated carbocycles. The molecule has 0 fully saturated rings. The quantitative estimate of drug-likeness (QED) is 0.808. The van der Waals surface area contributed by atoms with Gasteiger partial charge >= 0.3 is 0 Å². The topological polar surface area (TPSA) is 100.0 Å². The minimum Gasteiger partial charge on any atom is -0.385 e. The van der Waals surface area contributed by atoms with Gasteiger partial charge in [-0.25, -0.2) is 4.98 Å². The van der Waals surface area contributed by atoms with Crippen molar-refractivity contribution in [3.8, 4) is 11.5 Å². The Hall–Kier alpha value is -1.86. The Morgan fingerprint density at radius 3 is 3.06 bits per heavy atom. The number of hydrogen-bond donors (Lipinski definition) is 1. The van der Waals surface area contributed by atoms with Crippen LogP contribution < -0.4 is 5.73 Å². The molecule has 0 saturated heterocycles. The number of rotatable bonds is 5. The van der Waals surface area contributed by atoms with Crippen LogP contribution >= 0.6 is 0 Å². The summed E-state index contributed by atoms with van der Waals surface area (Å²) in [5.41, 5.74) is 6.42. The van der Waals surface area contributed by atoms with Crippen molar-refractivity contribution in [1.29, 1.82) is 0 Å². The molecule has 0 amide bonds. The summed E-state index contributed by atoms with van der Waals surface area (Å²) in [7, 11) is 1.62. The van der Waals surface area contributed by atoms with E-state index in [0.29, 0.717) is 30.4 Å². The minimum absolute atomic E-state index is 0.326. The summed E-state index contributed by atoms with van der Waals surface area (Å²) in [5, 5.41) is 3.81. The van der Waals surface area contributed by atoms with Crippen molar-refractivity contribution in [1.82, 2.24) is 20.1 Å². The number of methoxy groups -OCH3 is 1. The van der Waals surface area contributed by atoms with Crippen LogP contribution in [-0.2, 0) is 4.74 Å². The molecule has 0 aliphatic heterocycles. The maximum Gasteiger partial charge on any atom is 0.244 e. The molecule has 7 heteroatoms. The highest BCUT2D eigenvalue weighted by Crippen LogP contribution is 2.16. The Labute approximate surface area is 98.0 Å². The van der Waals surface area contributed by atoms with Crippen LogP contribution in [0, 0.1) is 0 Å². The van der Waals surface area contributed by atoms with E-state index < -0.39 is 0 Å². The highest BCUT2D eigenvalue weighted by Gasteiger charge is 2.15. The number of ether oxygens (including phenoxy) is 1. The van der Waals surface area contributed by atoms with E-state index in [4.69, 9.17) is 15.0 Å². The fraction of sp³-hybridized carbons (Fsp3) is 0.400. The molecule has 0 aliphatic carbocycles. The van der Waals surface area contributed by atoms with Crippen LogP contribution in [-0.4, -0.2) is 33.8 Å². The summed E-state index contributed by atoms with van der Waals surface area (Å²) >= 11 is 0. The lowest BCUT2D eigenvalue weighted by Gasteiger charge is -2.04. The molecular weight excluding hydrogens is 222 g/mol. The van der Waals surface area contributed by atoms with Crippen LogP contribution in [0.2, 0.25) is 0 Å². The van der Waals surface area contributed by atoms with Gasteiger partial charge in [0.1, 0.15) is 5.69 Å². The van der Waals surface area contributed by atoms with E-state index in [0.717, 1.165) is 0 Å². The molecule has 1 unspecified atom stereocenters. The average Bonchev–Trinajstić information content (AvgIpc) is 2.86. The van der Waals surface area contributed by atoms with E-state index in [9.17, 15) is 0 Å². The van der Waals surface area contributed by atoms with Gasteiger partial charge in [-0.3, -0.25) is 4.98 Å². The van der Waals surface area contributed by atoms with Crippen LogP contribution in [0.25, 0.3) is 11.5 Å². The minimum atomic E-state index is -0.326. The van der Waals surface area contributed by atoms with Gasteiger partial charge in [-0.15, -0.1) is 0 Å². The van der Waals surface area contributed by atoms with E-state index in [1.807, 2.05) is 0 Å². The average molecular weight is 235 g/mol. The molecular formula is C10H13N5O2. The second kappa shape index (κ2) is 5.46. The molecule has 2 aromatic heterocycles. The van der Waals surface area contributed by atoms with Crippen LogP contribution in [0.15, 0.2) is 23.1 Å². The maximum absolute atomic E-state index is 5.86. The third-order valence-electron chi connectivity index (χ3n) is 2.18. The third-order valence-corrected chi connectivity index (χ3v) is 2.18. The van der Waals surface area contributed by atoms with Crippen LogP contribution in [0.3, 0.4) is 0 Å². The van der Waals surface area contributed by atoms with Crippen molar-refractivity contribution in [2.45, 2.75) is 12.5 Å². The lowest BCUT2D eigenvalue weighted by atomic mass is 10.2. The summed E-state index contributed by atoms with van der Waals surface area (Å²) in [6.45, 7) is 0.546. The van der Waals surface area contributed by atoms with Gasteiger partial charge in [0.15, 0.2) is 0 Å². The van der Waals surface area contributed by atoms with Crippen molar-refractivity contribution >= 4 is 0 Å². The Kier molecular flexibility index (Phi) is 3.73. The molecule has 0 bridgehead atoms. The van der Waals surface area contributed by atoms with Crippen molar-refractivity contribution in [3.63, 3.8) is 0 Å². The van der Waals surface area contributed by atoms with Gasteiger partial charge in [-0.1, -0.05) is 5.16 Å². The molecule has 90 valence electrons. The zero-order valence-electron chi connectivity index (χ0n) is 9.41. The van der Waals surface area contributed by atoms with Crippen LogP contribution in [0.1, 0.15) is 18.4 Å². The van der Waals surface area contributed by atoms with Gasteiger partial charge in [-0.2, -0.15) is 4.98 Å². The van der Waals surface area contributed by atoms with Crippen molar-refractivity contribution < 1.29 is 9.26 Å². The fourth-order valence-electron chi connectivity index (χ4n) is 1.27. The van der Waals surface area contributed by atoms with Gasteiger partial charge < -0.3 is 15.0 Å². The van der Waals surface area contributed by atoms with E-state index >= 15 is 0 Å². The zero-order chi connectivity index (χ0) is 12.1. The molecule has 1 atom stereocenters. The first-order valence-electron chi connectivity index (χ1n) is 5.15. The molecule has 17 heavy (non-hydrogen) atoms. The van der Waals surface area contributed by atoms with E-state index in [2.05, 4.69) is 20.1 Å². The molecule has 2 rings (SSSR count). The number of hydrogen-bond acceptors (Lipinski definition) is 7. The zero-order valence-corrected chi connectivity index (χ0v) is 9.41. The van der Waals surface area contributed by atoms with Gasteiger partial charge in [-0.05, 0) is 6.42 Å². The summed E-state index contributed by atoms with van der Waals surface area (Å²) < 4.78 is 10.0. The Morgan fingerprint density at radius 1 is 1.47 bits per heavy atom. The van der Waals surface area contributed by atoms with E-state index in [1.54, 1.807) is 25.7 Å². The number of nitrogens with two attached hydrogens (primary N) is 1. The Bertz CT molecular complexity index is 459. The first kappa shape index (κ1) is 11.6. The summed E-state index contributed by atoms with van der Waals surface area (Å²) in [6, 6.07) is -0.326. The molecule has 0 aromatic carbocycles. The fourth-order valence-corrected chi connectivity index (χ4v) is 1.27. The SMILES string of the molecule is COCCC(N)c1nc(-c2cnccn2)no1. The third kappa shape index (κ3) is 2.83. The number of nitrogens with zero attached hydrogens (tertiary/aromatic N) is 4.